The van der Waals surface area contributed by atoms with Gasteiger partial charge in [0.15, 0.2) is 0 Å². The van der Waals surface area contributed by atoms with E-state index in [0.29, 0.717) is 41.5 Å². The molecule has 2 amide bonds. The molecule has 0 aromatic heterocycles. The molecule has 0 spiro atoms. The smallest absolute Gasteiger partial charge is 0.328 e. The minimum atomic E-state index is -0.691. The number of rotatable bonds is 8. The quantitative estimate of drug-likeness (QED) is 0.264. The number of methoxy groups -OCH3 is 1. The molecule has 1 heterocycles. The summed E-state index contributed by atoms with van der Waals surface area (Å²) in [4.78, 5) is 39.3. The zero-order valence-corrected chi connectivity index (χ0v) is 22.7. The van der Waals surface area contributed by atoms with Crippen LogP contribution in [0.15, 0.2) is 23.1 Å². The lowest BCUT2D eigenvalue weighted by Gasteiger charge is -2.31. The van der Waals surface area contributed by atoms with Gasteiger partial charge in [-0.2, -0.15) is 0 Å². The third-order valence-electron chi connectivity index (χ3n) is 6.77. The van der Waals surface area contributed by atoms with Crippen molar-refractivity contribution in [3.63, 3.8) is 0 Å². The monoisotopic (exact) mass is 540 g/mol. The van der Waals surface area contributed by atoms with Gasteiger partial charge in [0.05, 0.1) is 17.2 Å². The van der Waals surface area contributed by atoms with Crippen LogP contribution in [0, 0.1) is 11.8 Å². The second-order valence-corrected chi connectivity index (χ2v) is 11.1. The third kappa shape index (κ3) is 7.89. The Bertz CT molecular complexity index is 942. The van der Waals surface area contributed by atoms with Gasteiger partial charge in [-0.3, -0.25) is 9.59 Å². The molecule has 1 atom stereocenters. The number of nitrogens with one attached hydrogen (secondary N) is 1. The first-order chi connectivity index (χ1) is 16.8. The Hall–Kier alpha value is -1.70. The minimum absolute atomic E-state index is 0.130. The predicted molar refractivity (Wildman–Crippen MR) is 142 cm³/mol. The van der Waals surface area contributed by atoms with Crippen molar-refractivity contribution >= 4 is 58.8 Å². The molecular weight excluding hydrogens is 507 g/mol. The van der Waals surface area contributed by atoms with Crippen LogP contribution in [-0.2, 0) is 19.1 Å². The van der Waals surface area contributed by atoms with Crippen molar-refractivity contribution in [2.75, 3.05) is 26.0 Å². The molecule has 1 saturated carbocycles. The van der Waals surface area contributed by atoms with Crippen LogP contribution in [0.3, 0.4) is 0 Å². The molecule has 1 aliphatic heterocycles. The summed E-state index contributed by atoms with van der Waals surface area (Å²) in [6, 6.07) is 3.19. The molecule has 3 rings (SSSR count). The van der Waals surface area contributed by atoms with E-state index in [4.69, 9.17) is 23.2 Å². The van der Waals surface area contributed by atoms with Crippen LogP contribution in [0.5, 0.6) is 0 Å². The number of ether oxygens (including phenoxy) is 1. The second kappa shape index (κ2) is 13.6. The van der Waals surface area contributed by atoms with Crippen LogP contribution in [0.25, 0.3) is 6.08 Å². The molecule has 35 heavy (non-hydrogen) atoms. The van der Waals surface area contributed by atoms with Gasteiger partial charge in [0.25, 0.3) is 0 Å². The molecule has 1 aromatic carbocycles. The molecule has 0 radical (unpaired) electrons. The predicted octanol–water partition coefficient (Wildman–Crippen LogP) is 5.60. The number of carbonyl (C=O) groups is 3. The van der Waals surface area contributed by atoms with Crippen molar-refractivity contribution in [1.82, 2.24) is 10.2 Å². The number of hydrogen-bond donors (Lipinski definition) is 1. The highest BCUT2D eigenvalue weighted by Gasteiger charge is 2.28. The molecule has 192 valence electrons. The van der Waals surface area contributed by atoms with Crippen LogP contribution in [-0.4, -0.2) is 54.7 Å². The SMILES string of the molecule is COC(=O)[C@H](C)NC(=O)C1CCN(C(=O)/C=C/c2ccc(SCC3CCCCC3)c(Cl)c2Cl)CC1. The van der Waals surface area contributed by atoms with Gasteiger partial charge < -0.3 is 15.0 Å². The van der Waals surface area contributed by atoms with Gasteiger partial charge in [-0.05, 0) is 56.2 Å². The number of benzene rings is 1. The molecule has 9 heteroatoms. The number of thioether (sulfide) groups is 1. The zero-order chi connectivity index (χ0) is 25.4. The first-order valence-corrected chi connectivity index (χ1v) is 14.0. The number of esters is 1. The highest BCUT2D eigenvalue weighted by Crippen LogP contribution is 2.38. The molecule has 2 aliphatic rings. The van der Waals surface area contributed by atoms with Gasteiger partial charge in [0.1, 0.15) is 6.04 Å². The number of likely N-dealkylation sites (tertiary alicyclic amines) is 1. The van der Waals surface area contributed by atoms with E-state index in [1.54, 1.807) is 29.7 Å². The average molecular weight is 542 g/mol. The van der Waals surface area contributed by atoms with Gasteiger partial charge >= 0.3 is 5.97 Å². The van der Waals surface area contributed by atoms with Gasteiger partial charge in [-0.25, -0.2) is 4.79 Å². The highest BCUT2D eigenvalue weighted by molar-refractivity contribution is 7.99. The number of carbonyl (C=O) groups excluding carboxylic acids is 3. The highest BCUT2D eigenvalue weighted by atomic mass is 35.5. The van der Waals surface area contributed by atoms with Crippen molar-refractivity contribution in [1.29, 1.82) is 0 Å². The summed E-state index contributed by atoms with van der Waals surface area (Å²) < 4.78 is 4.64. The summed E-state index contributed by atoms with van der Waals surface area (Å²) in [5, 5.41) is 3.67. The first-order valence-electron chi connectivity index (χ1n) is 12.3. The Balaban J connectivity index is 1.50. The molecule has 0 bridgehead atoms. The normalized spacial score (nSPS) is 18.5. The lowest BCUT2D eigenvalue weighted by molar-refractivity contribution is -0.145. The molecule has 1 aliphatic carbocycles. The van der Waals surface area contributed by atoms with Crippen LogP contribution >= 0.6 is 35.0 Å². The topological polar surface area (TPSA) is 75.7 Å². The van der Waals surface area contributed by atoms with Gasteiger partial charge in [0.2, 0.25) is 11.8 Å². The van der Waals surface area contributed by atoms with Crippen molar-refractivity contribution in [2.24, 2.45) is 11.8 Å². The average Bonchev–Trinajstić information content (AvgIpc) is 2.88. The zero-order valence-electron chi connectivity index (χ0n) is 20.4. The van der Waals surface area contributed by atoms with E-state index in [1.165, 1.54) is 45.3 Å². The van der Waals surface area contributed by atoms with E-state index < -0.39 is 12.0 Å². The van der Waals surface area contributed by atoms with Crippen molar-refractivity contribution in [2.45, 2.75) is 62.8 Å². The first kappa shape index (κ1) is 27.9. The molecule has 1 saturated heterocycles. The van der Waals surface area contributed by atoms with E-state index in [1.807, 2.05) is 12.1 Å². The fraction of sp³-hybridized carbons (Fsp3) is 0.577. The fourth-order valence-corrected chi connectivity index (χ4v) is 6.31. The molecule has 1 aromatic rings. The standard InChI is InChI=1S/C26H34Cl2N2O4S/c1-17(26(33)34-2)29-25(32)20-12-14-30(15-13-20)22(31)11-9-19-8-10-21(24(28)23(19)27)35-16-18-6-4-3-5-7-18/h8-11,17-18,20H,3-7,12-16H2,1-2H3,(H,29,32)/b11-9+/t17-/m0/s1. The van der Waals surface area contributed by atoms with E-state index in [2.05, 4.69) is 10.1 Å². The van der Waals surface area contributed by atoms with E-state index in [-0.39, 0.29) is 17.7 Å². The summed E-state index contributed by atoms with van der Waals surface area (Å²) in [5.41, 5.74) is 0.707. The van der Waals surface area contributed by atoms with Gasteiger partial charge in [-0.15, -0.1) is 11.8 Å². The third-order valence-corrected chi connectivity index (χ3v) is 9.07. The molecule has 2 fully saturated rings. The Morgan fingerprint density at radius 1 is 1.11 bits per heavy atom. The molecule has 1 N–H and O–H groups in total. The number of nitrogens with zero attached hydrogens (tertiary/aromatic N) is 1. The van der Waals surface area contributed by atoms with E-state index in [9.17, 15) is 14.4 Å². The maximum absolute atomic E-state index is 12.7. The summed E-state index contributed by atoms with van der Waals surface area (Å²) >= 11 is 14.8. The summed E-state index contributed by atoms with van der Waals surface area (Å²) in [6.45, 7) is 2.53. The Labute approximate surface area is 222 Å². The number of amides is 2. The van der Waals surface area contributed by atoms with Crippen molar-refractivity contribution in [3.05, 3.63) is 33.8 Å². The van der Waals surface area contributed by atoms with Crippen LogP contribution in [0.4, 0.5) is 0 Å². The molecular formula is C26H34Cl2N2O4S. The summed E-state index contributed by atoms with van der Waals surface area (Å²) in [5.74, 6) is 0.766. The number of hydrogen-bond acceptors (Lipinski definition) is 5. The molecule has 6 nitrogen and oxygen atoms in total. The second-order valence-electron chi connectivity index (χ2n) is 9.28. The van der Waals surface area contributed by atoms with Crippen LogP contribution in [0.1, 0.15) is 57.4 Å². The van der Waals surface area contributed by atoms with Crippen molar-refractivity contribution in [3.8, 4) is 0 Å². The fourth-order valence-electron chi connectivity index (χ4n) is 4.54. The lowest BCUT2D eigenvalue weighted by Crippen LogP contribution is -2.46. The lowest BCUT2D eigenvalue weighted by atomic mass is 9.91. The largest absolute Gasteiger partial charge is 0.467 e. The Morgan fingerprint density at radius 3 is 2.46 bits per heavy atom. The van der Waals surface area contributed by atoms with Crippen LogP contribution < -0.4 is 5.32 Å². The number of piperidine rings is 1. The van der Waals surface area contributed by atoms with E-state index >= 15 is 0 Å². The van der Waals surface area contributed by atoms with E-state index in [0.717, 1.165) is 16.6 Å². The maximum Gasteiger partial charge on any atom is 0.328 e. The summed E-state index contributed by atoms with van der Waals surface area (Å²) in [7, 11) is 1.29. The molecule has 0 unspecified atom stereocenters. The Morgan fingerprint density at radius 2 is 1.80 bits per heavy atom. The van der Waals surface area contributed by atoms with Crippen molar-refractivity contribution < 1.29 is 19.1 Å². The number of halogens is 2. The van der Waals surface area contributed by atoms with Gasteiger partial charge in [0, 0.05) is 35.7 Å². The van der Waals surface area contributed by atoms with Gasteiger partial charge in [-0.1, -0.05) is 48.5 Å². The van der Waals surface area contributed by atoms with Crippen LogP contribution in [0.2, 0.25) is 10.0 Å². The minimum Gasteiger partial charge on any atom is -0.467 e. The summed E-state index contributed by atoms with van der Waals surface area (Å²) in [6.07, 6.45) is 10.8. The maximum atomic E-state index is 12.7. The Kier molecular flexibility index (Phi) is 10.8.